The van der Waals surface area contributed by atoms with Gasteiger partial charge in [0.25, 0.3) is 0 Å². The molecule has 3 aliphatic heterocycles. The first-order valence-electron chi connectivity index (χ1n) is 8.30. The monoisotopic (exact) mass is 315 g/mol. The van der Waals surface area contributed by atoms with Crippen molar-refractivity contribution in [3.8, 4) is 0 Å². The predicted molar refractivity (Wildman–Crippen MR) is 86.8 cm³/mol. The van der Waals surface area contributed by atoms with Gasteiger partial charge in [-0.25, -0.2) is 4.79 Å². The summed E-state index contributed by atoms with van der Waals surface area (Å²) in [5, 5.41) is 3.01. The number of likely N-dealkylation sites (tertiary alicyclic amines) is 1. The van der Waals surface area contributed by atoms with Gasteiger partial charge in [-0.05, 0) is 25.0 Å². The van der Waals surface area contributed by atoms with Crippen LogP contribution in [0.3, 0.4) is 0 Å². The molecule has 1 saturated heterocycles. The number of ether oxygens (including phenoxy) is 1. The molecule has 4 rings (SSSR count). The summed E-state index contributed by atoms with van der Waals surface area (Å²) in [6.45, 7) is 4.38. The summed E-state index contributed by atoms with van der Waals surface area (Å²) in [6, 6.07) is 6.45. The summed E-state index contributed by atoms with van der Waals surface area (Å²) in [5.74, 6) is 0.367. The van der Waals surface area contributed by atoms with Crippen LogP contribution in [0.2, 0.25) is 0 Å². The smallest absolute Gasteiger partial charge is 0.409 e. The highest BCUT2D eigenvalue weighted by Gasteiger charge is 2.44. The molecule has 3 aliphatic rings. The summed E-state index contributed by atoms with van der Waals surface area (Å²) in [5.41, 5.74) is 3.30. The minimum Gasteiger partial charge on any atom is -0.450 e. The fourth-order valence-electron chi connectivity index (χ4n) is 4.16. The van der Waals surface area contributed by atoms with Crippen molar-refractivity contribution in [2.45, 2.75) is 31.7 Å². The molecular formula is C17H21N3O3. The molecule has 2 amide bonds. The lowest BCUT2D eigenvalue weighted by Crippen LogP contribution is -2.48. The number of amides is 2. The van der Waals surface area contributed by atoms with Crippen LogP contribution in [0.5, 0.6) is 0 Å². The Bertz CT molecular complexity index is 660. The van der Waals surface area contributed by atoms with Gasteiger partial charge in [0.05, 0.1) is 18.0 Å². The average molecular weight is 315 g/mol. The zero-order valence-corrected chi connectivity index (χ0v) is 13.2. The third kappa shape index (κ3) is 2.24. The van der Waals surface area contributed by atoms with E-state index < -0.39 is 0 Å². The maximum Gasteiger partial charge on any atom is 0.409 e. The molecule has 0 unspecified atom stereocenters. The van der Waals surface area contributed by atoms with Crippen LogP contribution in [0.4, 0.5) is 16.2 Å². The molecule has 0 saturated carbocycles. The standard InChI is InChI=1S/C17H21N3O3/c1-2-23-17(22)19-8-6-14-12(10-19)11-4-3-5-13-16(11)20(14)9-7-15(21)18-13/h3-5,12,14H,2,6-10H2,1H3,(H,18,21)/t12-,14-/m0/s1. The van der Waals surface area contributed by atoms with Crippen LogP contribution in [0.15, 0.2) is 18.2 Å². The molecule has 6 heteroatoms. The zero-order valence-electron chi connectivity index (χ0n) is 13.2. The minimum atomic E-state index is -0.220. The number of fused-ring (bicyclic) bond motifs is 3. The van der Waals surface area contributed by atoms with Gasteiger partial charge >= 0.3 is 6.09 Å². The number of nitrogens with zero attached hydrogens (tertiary/aromatic N) is 2. The van der Waals surface area contributed by atoms with Gasteiger partial charge in [-0.15, -0.1) is 0 Å². The van der Waals surface area contributed by atoms with Crippen LogP contribution in [0, 0.1) is 0 Å². The average Bonchev–Trinajstić information content (AvgIpc) is 2.76. The van der Waals surface area contributed by atoms with E-state index in [9.17, 15) is 9.59 Å². The fraction of sp³-hybridized carbons (Fsp3) is 0.529. The first-order valence-corrected chi connectivity index (χ1v) is 8.30. The van der Waals surface area contributed by atoms with Gasteiger partial charge in [-0.2, -0.15) is 0 Å². The Labute approximate surface area is 135 Å². The van der Waals surface area contributed by atoms with Gasteiger partial charge < -0.3 is 19.9 Å². The summed E-state index contributed by atoms with van der Waals surface area (Å²) in [6.07, 6.45) is 1.20. The van der Waals surface area contributed by atoms with Gasteiger partial charge in [0.15, 0.2) is 0 Å². The van der Waals surface area contributed by atoms with Crippen molar-refractivity contribution in [2.24, 2.45) is 0 Å². The molecule has 1 aromatic carbocycles. The van der Waals surface area contributed by atoms with Crippen LogP contribution >= 0.6 is 0 Å². The number of carbonyl (C=O) groups excluding carboxylic acids is 2. The number of carbonyl (C=O) groups is 2. The normalized spacial score (nSPS) is 25.3. The van der Waals surface area contributed by atoms with Crippen molar-refractivity contribution in [2.75, 3.05) is 36.5 Å². The molecule has 6 nitrogen and oxygen atoms in total. The molecule has 3 heterocycles. The predicted octanol–water partition coefficient (Wildman–Crippen LogP) is 2.16. The summed E-state index contributed by atoms with van der Waals surface area (Å²) < 4.78 is 5.16. The first kappa shape index (κ1) is 14.4. The molecule has 0 radical (unpaired) electrons. The second-order valence-electron chi connectivity index (χ2n) is 6.34. The van der Waals surface area contributed by atoms with E-state index >= 15 is 0 Å². The van der Waals surface area contributed by atoms with E-state index in [-0.39, 0.29) is 17.9 Å². The molecule has 0 spiro atoms. The number of hydrogen-bond donors (Lipinski definition) is 1. The van der Waals surface area contributed by atoms with Crippen molar-refractivity contribution in [1.82, 2.24) is 4.90 Å². The third-order valence-electron chi connectivity index (χ3n) is 5.11. The molecular weight excluding hydrogens is 294 g/mol. The second-order valence-corrected chi connectivity index (χ2v) is 6.34. The number of nitrogens with one attached hydrogen (secondary N) is 1. The fourth-order valence-corrected chi connectivity index (χ4v) is 4.16. The Balaban J connectivity index is 1.68. The maximum absolute atomic E-state index is 12.1. The minimum absolute atomic E-state index is 0.0771. The van der Waals surface area contributed by atoms with Crippen LogP contribution in [-0.4, -0.2) is 49.2 Å². The van der Waals surface area contributed by atoms with Crippen LogP contribution in [0.1, 0.15) is 31.2 Å². The van der Waals surface area contributed by atoms with Crippen LogP contribution in [-0.2, 0) is 9.53 Å². The number of rotatable bonds is 1. The number of para-hydroxylation sites is 1. The highest BCUT2D eigenvalue weighted by molar-refractivity contribution is 5.98. The van der Waals surface area contributed by atoms with E-state index in [0.717, 1.165) is 24.3 Å². The Kier molecular flexibility index (Phi) is 3.39. The van der Waals surface area contributed by atoms with Crippen LogP contribution < -0.4 is 10.2 Å². The summed E-state index contributed by atoms with van der Waals surface area (Å²) >= 11 is 0. The van der Waals surface area contributed by atoms with E-state index in [1.807, 2.05) is 24.0 Å². The summed E-state index contributed by atoms with van der Waals surface area (Å²) in [7, 11) is 0. The molecule has 1 fully saturated rings. The quantitative estimate of drug-likeness (QED) is 0.863. The van der Waals surface area contributed by atoms with Gasteiger partial charge in [-0.1, -0.05) is 12.1 Å². The third-order valence-corrected chi connectivity index (χ3v) is 5.11. The Morgan fingerprint density at radius 1 is 1.39 bits per heavy atom. The molecule has 122 valence electrons. The van der Waals surface area contributed by atoms with E-state index in [4.69, 9.17) is 4.74 Å². The Morgan fingerprint density at radius 3 is 3.09 bits per heavy atom. The van der Waals surface area contributed by atoms with Crippen molar-refractivity contribution in [3.05, 3.63) is 23.8 Å². The molecule has 1 N–H and O–H groups in total. The van der Waals surface area contributed by atoms with Crippen molar-refractivity contribution < 1.29 is 14.3 Å². The van der Waals surface area contributed by atoms with E-state index in [0.29, 0.717) is 32.2 Å². The van der Waals surface area contributed by atoms with Gasteiger partial charge in [0.1, 0.15) is 0 Å². The highest BCUT2D eigenvalue weighted by Crippen LogP contribution is 2.49. The largest absolute Gasteiger partial charge is 0.450 e. The molecule has 0 aliphatic carbocycles. The molecule has 0 bridgehead atoms. The molecule has 1 aromatic rings. The Morgan fingerprint density at radius 2 is 2.26 bits per heavy atom. The number of benzene rings is 1. The molecule has 0 aromatic heterocycles. The zero-order chi connectivity index (χ0) is 16.0. The Hall–Kier alpha value is -2.24. The van der Waals surface area contributed by atoms with Gasteiger partial charge in [0, 0.05) is 38.0 Å². The second kappa shape index (κ2) is 5.44. The lowest BCUT2D eigenvalue weighted by molar-refractivity contribution is -0.116. The van der Waals surface area contributed by atoms with Crippen molar-refractivity contribution in [1.29, 1.82) is 0 Å². The van der Waals surface area contributed by atoms with E-state index in [1.165, 1.54) is 5.56 Å². The number of anilines is 2. The van der Waals surface area contributed by atoms with Crippen molar-refractivity contribution in [3.63, 3.8) is 0 Å². The number of hydrogen-bond acceptors (Lipinski definition) is 4. The van der Waals surface area contributed by atoms with Crippen LogP contribution in [0.25, 0.3) is 0 Å². The lowest BCUT2D eigenvalue weighted by Gasteiger charge is -2.38. The first-order chi connectivity index (χ1) is 11.2. The topological polar surface area (TPSA) is 61.9 Å². The van der Waals surface area contributed by atoms with Gasteiger partial charge in [0.2, 0.25) is 5.91 Å². The number of piperidine rings is 1. The molecule has 2 atom stereocenters. The lowest BCUT2D eigenvalue weighted by atomic mass is 9.89. The van der Waals surface area contributed by atoms with Gasteiger partial charge in [-0.3, -0.25) is 4.79 Å². The molecule has 23 heavy (non-hydrogen) atoms. The van der Waals surface area contributed by atoms with E-state index in [1.54, 1.807) is 0 Å². The van der Waals surface area contributed by atoms with E-state index in [2.05, 4.69) is 16.3 Å². The SMILES string of the molecule is CCOC(=O)N1CC[C@H]2[C@@H](C1)c1cccc3c1N2CCC(=O)N3. The highest BCUT2D eigenvalue weighted by atomic mass is 16.6. The van der Waals surface area contributed by atoms with Crippen molar-refractivity contribution >= 4 is 23.4 Å². The maximum atomic E-state index is 12.1. The summed E-state index contributed by atoms with van der Waals surface area (Å²) in [4.78, 5) is 28.1.